The maximum Gasteiger partial charge on any atom is 0.412 e. The average molecular weight is 425 g/mol. The van der Waals surface area contributed by atoms with Gasteiger partial charge in [-0.25, -0.2) is 4.79 Å². The number of rotatable bonds is 7. The van der Waals surface area contributed by atoms with Gasteiger partial charge in [0, 0.05) is 42.8 Å². The monoisotopic (exact) mass is 425 g/mol. The summed E-state index contributed by atoms with van der Waals surface area (Å²) in [5, 5.41) is 23.7. The highest BCUT2D eigenvalue weighted by Gasteiger charge is 2.29. The Balaban J connectivity index is 1.63. The lowest BCUT2D eigenvalue weighted by Crippen LogP contribution is -2.29. The number of benzene rings is 3. The van der Waals surface area contributed by atoms with Crippen LogP contribution in [0.25, 0.3) is 10.8 Å². The van der Waals surface area contributed by atoms with Crippen LogP contribution in [0.1, 0.15) is 18.1 Å². The second-order valence-electron chi connectivity index (χ2n) is 7.02. The van der Waals surface area contributed by atoms with Gasteiger partial charge >= 0.3 is 6.09 Å². The van der Waals surface area contributed by atoms with Gasteiger partial charge in [0.1, 0.15) is 11.9 Å². The van der Waals surface area contributed by atoms with Crippen LogP contribution in [0.4, 0.5) is 10.5 Å². The lowest BCUT2D eigenvalue weighted by molar-refractivity contribution is -0.0299. The SMILES string of the molecule is CO[C@H](CCO)[C@H](OC(=O)Nc1ccc2c(c1)OCO2)c1ccc(O)c2ccccc12. The summed E-state index contributed by atoms with van der Waals surface area (Å²) >= 11 is 0. The lowest BCUT2D eigenvalue weighted by Gasteiger charge is -2.27. The van der Waals surface area contributed by atoms with E-state index in [1.165, 1.54) is 7.11 Å². The van der Waals surface area contributed by atoms with Gasteiger partial charge in [0.15, 0.2) is 17.6 Å². The summed E-state index contributed by atoms with van der Waals surface area (Å²) < 4.78 is 21.9. The molecule has 8 heteroatoms. The molecule has 0 aliphatic carbocycles. The molecule has 0 saturated heterocycles. The van der Waals surface area contributed by atoms with E-state index in [2.05, 4.69) is 5.32 Å². The van der Waals surface area contributed by atoms with Gasteiger partial charge in [-0.2, -0.15) is 0 Å². The molecule has 2 atom stereocenters. The molecule has 8 nitrogen and oxygen atoms in total. The van der Waals surface area contributed by atoms with Gasteiger partial charge in [0.25, 0.3) is 0 Å². The van der Waals surface area contributed by atoms with Crippen LogP contribution in [0.15, 0.2) is 54.6 Å². The quantitative estimate of drug-likeness (QED) is 0.526. The molecule has 1 heterocycles. The summed E-state index contributed by atoms with van der Waals surface area (Å²) in [5.41, 5.74) is 1.15. The molecule has 0 unspecified atom stereocenters. The highest BCUT2D eigenvalue weighted by atomic mass is 16.7. The molecule has 0 saturated carbocycles. The molecule has 0 bridgehead atoms. The second-order valence-corrected chi connectivity index (χ2v) is 7.02. The first-order chi connectivity index (χ1) is 15.1. The Hall–Kier alpha value is -3.49. The molecule has 3 N–H and O–H groups in total. The van der Waals surface area contributed by atoms with Crippen LogP contribution < -0.4 is 14.8 Å². The first kappa shape index (κ1) is 20.8. The molecule has 1 aliphatic rings. The molecule has 0 aromatic heterocycles. The predicted molar refractivity (Wildman–Crippen MR) is 114 cm³/mol. The minimum absolute atomic E-state index is 0.124. The van der Waals surface area contributed by atoms with E-state index in [0.29, 0.717) is 28.1 Å². The minimum Gasteiger partial charge on any atom is -0.507 e. The molecule has 3 aromatic rings. The topological polar surface area (TPSA) is 106 Å². The molecule has 3 aromatic carbocycles. The van der Waals surface area contributed by atoms with E-state index in [0.717, 1.165) is 5.39 Å². The third kappa shape index (κ3) is 4.35. The van der Waals surface area contributed by atoms with Crippen molar-refractivity contribution in [3.05, 3.63) is 60.2 Å². The van der Waals surface area contributed by atoms with E-state index in [1.54, 1.807) is 36.4 Å². The van der Waals surface area contributed by atoms with Crippen LogP contribution >= 0.6 is 0 Å². The molecule has 1 aliphatic heterocycles. The Morgan fingerprint density at radius 3 is 2.65 bits per heavy atom. The maximum atomic E-state index is 12.8. The van der Waals surface area contributed by atoms with E-state index < -0.39 is 18.3 Å². The number of hydrogen-bond acceptors (Lipinski definition) is 7. The summed E-state index contributed by atoms with van der Waals surface area (Å²) in [6.07, 6.45) is -1.86. The number of methoxy groups -OCH3 is 1. The Kier molecular flexibility index (Phi) is 6.11. The fourth-order valence-electron chi connectivity index (χ4n) is 3.65. The van der Waals surface area contributed by atoms with Crippen molar-refractivity contribution in [3.63, 3.8) is 0 Å². The van der Waals surface area contributed by atoms with E-state index in [-0.39, 0.29) is 25.6 Å². The van der Waals surface area contributed by atoms with Crippen molar-refractivity contribution in [1.29, 1.82) is 0 Å². The molecule has 1 amide bonds. The number of ether oxygens (including phenoxy) is 4. The van der Waals surface area contributed by atoms with Crippen molar-refractivity contribution >= 4 is 22.6 Å². The highest BCUT2D eigenvalue weighted by Crippen LogP contribution is 2.37. The van der Waals surface area contributed by atoms with Gasteiger partial charge in [-0.15, -0.1) is 0 Å². The first-order valence-electron chi connectivity index (χ1n) is 9.82. The maximum absolute atomic E-state index is 12.8. The lowest BCUT2D eigenvalue weighted by atomic mass is 9.95. The predicted octanol–water partition coefficient (Wildman–Crippen LogP) is 3.96. The Labute approximate surface area is 178 Å². The third-order valence-corrected chi connectivity index (χ3v) is 5.15. The summed E-state index contributed by atoms with van der Waals surface area (Å²) in [6, 6.07) is 15.5. The number of amides is 1. The van der Waals surface area contributed by atoms with Crippen LogP contribution in [-0.2, 0) is 9.47 Å². The zero-order chi connectivity index (χ0) is 21.8. The Morgan fingerprint density at radius 2 is 1.87 bits per heavy atom. The zero-order valence-electron chi connectivity index (χ0n) is 16.9. The van der Waals surface area contributed by atoms with E-state index in [9.17, 15) is 15.0 Å². The second kappa shape index (κ2) is 9.11. The van der Waals surface area contributed by atoms with Crippen molar-refractivity contribution in [2.24, 2.45) is 0 Å². The van der Waals surface area contributed by atoms with Crippen molar-refractivity contribution in [1.82, 2.24) is 0 Å². The molecule has 0 radical (unpaired) electrons. The van der Waals surface area contributed by atoms with E-state index in [1.807, 2.05) is 18.2 Å². The van der Waals surface area contributed by atoms with Crippen molar-refractivity contribution in [3.8, 4) is 17.2 Å². The van der Waals surface area contributed by atoms with Crippen LogP contribution in [0.5, 0.6) is 17.2 Å². The number of carbonyl (C=O) groups excluding carboxylic acids is 1. The fraction of sp³-hybridized carbons (Fsp3) is 0.261. The van der Waals surface area contributed by atoms with Crippen LogP contribution in [0, 0.1) is 0 Å². The van der Waals surface area contributed by atoms with Gasteiger partial charge in [0.05, 0.1) is 0 Å². The zero-order valence-corrected chi connectivity index (χ0v) is 16.9. The summed E-state index contributed by atoms with van der Waals surface area (Å²) in [6.45, 7) is -0.00588. The molecule has 31 heavy (non-hydrogen) atoms. The molecule has 4 rings (SSSR count). The molecular formula is C23H23NO7. The number of aliphatic hydroxyl groups is 1. The molecular weight excluding hydrogens is 402 g/mol. The average Bonchev–Trinajstić information content (AvgIpc) is 3.25. The summed E-state index contributed by atoms with van der Waals surface area (Å²) in [4.78, 5) is 12.8. The number of aliphatic hydroxyl groups excluding tert-OH is 1. The Bertz CT molecular complexity index is 1080. The largest absolute Gasteiger partial charge is 0.507 e. The van der Waals surface area contributed by atoms with E-state index >= 15 is 0 Å². The van der Waals surface area contributed by atoms with Crippen LogP contribution in [0.3, 0.4) is 0 Å². The Morgan fingerprint density at radius 1 is 1.10 bits per heavy atom. The highest BCUT2D eigenvalue weighted by molar-refractivity contribution is 5.91. The number of hydrogen-bond donors (Lipinski definition) is 3. The number of phenolic OH excluding ortho intramolecular Hbond substituents is 1. The van der Waals surface area contributed by atoms with Gasteiger partial charge in [-0.05, 0) is 23.6 Å². The molecule has 0 spiro atoms. The van der Waals surface area contributed by atoms with Gasteiger partial charge in [0.2, 0.25) is 6.79 Å². The molecule has 162 valence electrons. The van der Waals surface area contributed by atoms with Crippen LogP contribution in [0.2, 0.25) is 0 Å². The van der Waals surface area contributed by atoms with Crippen molar-refractivity contribution < 1.29 is 34.0 Å². The number of anilines is 1. The van der Waals surface area contributed by atoms with E-state index in [4.69, 9.17) is 18.9 Å². The van der Waals surface area contributed by atoms with Crippen molar-refractivity contribution in [2.45, 2.75) is 18.6 Å². The number of carbonyl (C=O) groups is 1. The fourth-order valence-corrected chi connectivity index (χ4v) is 3.65. The van der Waals surface area contributed by atoms with Crippen molar-refractivity contribution in [2.75, 3.05) is 25.8 Å². The third-order valence-electron chi connectivity index (χ3n) is 5.15. The smallest absolute Gasteiger partial charge is 0.412 e. The molecule has 0 fully saturated rings. The number of phenols is 1. The van der Waals surface area contributed by atoms with Crippen LogP contribution in [-0.4, -0.2) is 42.9 Å². The normalized spacial score (nSPS) is 14.3. The standard InChI is InChI=1S/C23H23NO7/c1-28-20(10-11-25)22(17-7-8-18(26)16-5-3-2-4-15(16)17)31-23(27)24-14-6-9-19-21(12-14)30-13-29-19/h2-9,12,20,22,25-26H,10-11,13H2,1H3,(H,24,27)/t20-,22-/m1/s1. The summed E-state index contributed by atoms with van der Waals surface area (Å²) in [7, 11) is 1.50. The van der Waals surface area contributed by atoms with Gasteiger partial charge < -0.3 is 29.2 Å². The van der Waals surface area contributed by atoms with Gasteiger partial charge in [-0.1, -0.05) is 30.3 Å². The minimum atomic E-state index is -0.823. The summed E-state index contributed by atoms with van der Waals surface area (Å²) in [5.74, 6) is 1.27. The number of fused-ring (bicyclic) bond motifs is 2. The number of aromatic hydroxyl groups is 1. The number of nitrogens with one attached hydrogen (secondary N) is 1. The first-order valence-corrected chi connectivity index (χ1v) is 9.82. The van der Waals surface area contributed by atoms with Gasteiger partial charge in [-0.3, -0.25) is 5.32 Å².